The average molecular weight is 590 g/mol. The summed E-state index contributed by atoms with van der Waals surface area (Å²) in [6, 6.07) is 20.5. The summed E-state index contributed by atoms with van der Waals surface area (Å²) in [5, 5.41) is 13.8. The number of hydrogen-bond acceptors (Lipinski definition) is 6. The topological polar surface area (TPSA) is 122 Å². The van der Waals surface area contributed by atoms with Gasteiger partial charge in [0.15, 0.2) is 12.0 Å². The van der Waals surface area contributed by atoms with Crippen molar-refractivity contribution < 1.29 is 28.6 Å². The van der Waals surface area contributed by atoms with Crippen LogP contribution in [-0.2, 0) is 4.74 Å². The molecule has 9 nitrogen and oxygen atoms in total. The Balaban J connectivity index is 1.70. The molecule has 1 atom stereocenters. The smallest absolute Gasteiger partial charge is 0.412 e. The predicted molar refractivity (Wildman–Crippen MR) is 161 cm³/mol. The number of oxazole rings is 1. The first-order valence-electron chi connectivity index (χ1n) is 13.4. The number of anilines is 1. The molecule has 0 fully saturated rings. The maximum atomic E-state index is 12.9. The molecule has 1 unspecified atom stereocenters. The SMILES string of the molecule is CC(C)(C)OC(=O)NCCCC(c1ncc(-c2ccc(Cl)cc2)o1)N(C(=O)O)c1cc(-c2ccccc2)ccc1C=O. The summed E-state index contributed by atoms with van der Waals surface area (Å²) in [5.41, 5.74) is 2.04. The molecule has 3 aromatic carbocycles. The fourth-order valence-corrected chi connectivity index (χ4v) is 4.54. The van der Waals surface area contributed by atoms with Crippen molar-refractivity contribution in [2.75, 3.05) is 11.4 Å². The molecule has 218 valence electrons. The quantitative estimate of drug-likeness (QED) is 0.142. The summed E-state index contributed by atoms with van der Waals surface area (Å²) in [6.45, 7) is 5.52. The van der Waals surface area contributed by atoms with E-state index in [9.17, 15) is 19.5 Å². The van der Waals surface area contributed by atoms with Gasteiger partial charge in [-0.2, -0.15) is 0 Å². The molecule has 10 heteroatoms. The lowest BCUT2D eigenvalue weighted by atomic mass is 10.0. The number of carbonyl (C=O) groups excluding carboxylic acids is 2. The molecule has 0 aliphatic carbocycles. The fraction of sp³-hybridized carbons (Fsp3) is 0.250. The van der Waals surface area contributed by atoms with E-state index in [4.69, 9.17) is 20.8 Å². The monoisotopic (exact) mass is 589 g/mol. The van der Waals surface area contributed by atoms with Gasteiger partial charge in [0.2, 0.25) is 5.89 Å². The van der Waals surface area contributed by atoms with Crippen molar-refractivity contribution in [2.24, 2.45) is 0 Å². The van der Waals surface area contributed by atoms with E-state index in [2.05, 4.69) is 10.3 Å². The highest BCUT2D eigenvalue weighted by atomic mass is 35.5. The third-order valence-electron chi connectivity index (χ3n) is 6.30. The standard InChI is InChI=1S/C32H32ClN3O6/c1-32(2,3)42-30(38)34-17-7-10-26(29-35-19-28(41-29)22-13-15-25(33)16-14-22)36(31(39)40)27-18-23(11-12-24(27)20-37)21-8-5-4-6-9-21/h4-6,8-9,11-16,18-20,26H,7,10,17H2,1-3H3,(H,34,38)(H,39,40). The second-order valence-corrected chi connectivity index (χ2v) is 11.0. The second kappa shape index (κ2) is 13.4. The fourth-order valence-electron chi connectivity index (χ4n) is 4.42. The summed E-state index contributed by atoms with van der Waals surface area (Å²) in [6.07, 6.45) is 0.854. The van der Waals surface area contributed by atoms with Gasteiger partial charge in [-0.25, -0.2) is 14.6 Å². The lowest BCUT2D eigenvalue weighted by Gasteiger charge is -2.29. The number of nitrogens with zero attached hydrogens (tertiary/aromatic N) is 2. The van der Waals surface area contributed by atoms with Crippen molar-refractivity contribution in [3.05, 3.63) is 95.5 Å². The van der Waals surface area contributed by atoms with Gasteiger partial charge >= 0.3 is 12.2 Å². The average Bonchev–Trinajstić information content (AvgIpc) is 3.44. The summed E-state index contributed by atoms with van der Waals surface area (Å²) in [7, 11) is 0. The Morgan fingerprint density at radius 2 is 1.74 bits per heavy atom. The number of carboxylic acid groups (broad SMARTS) is 1. The highest BCUT2D eigenvalue weighted by Gasteiger charge is 2.32. The van der Waals surface area contributed by atoms with E-state index in [1.54, 1.807) is 63.2 Å². The minimum Gasteiger partial charge on any atom is -0.465 e. The van der Waals surface area contributed by atoms with Gasteiger partial charge in [-0.15, -0.1) is 0 Å². The molecule has 0 aliphatic rings. The Morgan fingerprint density at radius 1 is 1.05 bits per heavy atom. The molecule has 0 saturated carbocycles. The van der Waals surface area contributed by atoms with Gasteiger partial charge in [0, 0.05) is 22.7 Å². The van der Waals surface area contributed by atoms with E-state index in [1.165, 1.54) is 6.20 Å². The van der Waals surface area contributed by atoms with Crippen LogP contribution in [0.4, 0.5) is 15.3 Å². The first-order chi connectivity index (χ1) is 20.1. The van der Waals surface area contributed by atoms with Gasteiger partial charge in [-0.05, 0) is 81.1 Å². The van der Waals surface area contributed by atoms with Gasteiger partial charge in [0.25, 0.3) is 0 Å². The maximum Gasteiger partial charge on any atom is 0.412 e. The molecule has 2 N–H and O–H groups in total. The van der Waals surface area contributed by atoms with Crippen LogP contribution < -0.4 is 10.2 Å². The molecule has 0 saturated heterocycles. The first kappa shape index (κ1) is 30.3. The summed E-state index contributed by atoms with van der Waals surface area (Å²) < 4.78 is 11.4. The Morgan fingerprint density at radius 3 is 2.38 bits per heavy atom. The van der Waals surface area contributed by atoms with Crippen LogP contribution in [0.25, 0.3) is 22.5 Å². The van der Waals surface area contributed by atoms with Crippen molar-refractivity contribution >= 4 is 35.8 Å². The number of aromatic nitrogens is 1. The largest absolute Gasteiger partial charge is 0.465 e. The van der Waals surface area contributed by atoms with E-state index >= 15 is 0 Å². The molecule has 42 heavy (non-hydrogen) atoms. The maximum absolute atomic E-state index is 12.9. The van der Waals surface area contributed by atoms with Gasteiger partial charge < -0.3 is 19.6 Å². The Bertz CT molecular complexity index is 1530. The Hall–Kier alpha value is -4.63. The number of aldehydes is 1. The van der Waals surface area contributed by atoms with Gasteiger partial charge in [0.05, 0.1) is 11.9 Å². The minimum absolute atomic E-state index is 0.140. The third-order valence-corrected chi connectivity index (χ3v) is 6.55. The molecule has 0 radical (unpaired) electrons. The lowest BCUT2D eigenvalue weighted by Crippen LogP contribution is -2.36. The van der Waals surface area contributed by atoms with Crippen molar-refractivity contribution in [1.82, 2.24) is 10.3 Å². The van der Waals surface area contributed by atoms with Gasteiger partial charge in [-0.1, -0.05) is 48.0 Å². The van der Waals surface area contributed by atoms with Crippen molar-refractivity contribution in [3.63, 3.8) is 0 Å². The van der Waals surface area contributed by atoms with Gasteiger partial charge in [-0.3, -0.25) is 9.69 Å². The third kappa shape index (κ3) is 7.76. The number of carbonyl (C=O) groups is 3. The van der Waals surface area contributed by atoms with Crippen LogP contribution in [-0.4, -0.2) is 40.7 Å². The van der Waals surface area contributed by atoms with E-state index < -0.39 is 23.8 Å². The van der Waals surface area contributed by atoms with Crippen molar-refractivity contribution in [2.45, 2.75) is 45.3 Å². The summed E-state index contributed by atoms with van der Waals surface area (Å²) in [4.78, 5) is 42.7. The highest BCUT2D eigenvalue weighted by Crippen LogP contribution is 2.36. The number of rotatable bonds is 10. The van der Waals surface area contributed by atoms with Crippen molar-refractivity contribution in [3.8, 4) is 22.5 Å². The molecule has 4 rings (SSSR count). The van der Waals surface area contributed by atoms with E-state index in [0.29, 0.717) is 29.1 Å². The number of amides is 2. The van der Waals surface area contributed by atoms with E-state index in [1.807, 2.05) is 30.3 Å². The molecule has 0 bridgehead atoms. The number of alkyl carbamates (subject to hydrolysis) is 1. The first-order valence-corrected chi connectivity index (χ1v) is 13.8. The van der Waals surface area contributed by atoms with Crippen LogP contribution in [0.5, 0.6) is 0 Å². The number of nitrogens with one attached hydrogen (secondary N) is 1. The van der Waals surface area contributed by atoms with Gasteiger partial charge in [0.1, 0.15) is 11.6 Å². The van der Waals surface area contributed by atoms with E-state index in [-0.39, 0.29) is 30.1 Å². The molecule has 1 aromatic heterocycles. The zero-order valence-electron chi connectivity index (χ0n) is 23.5. The molecular formula is C32H32ClN3O6. The number of ether oxygens (including phenoxy) is 1. The molecule has 0 spiro atoms. The van der Waals surface area contributed by atoms with Crippen LogP contribution in [0.3, 0.4) is 0 Å². The second-order valence-electron chi connectivity index (χ2n) is 10.6. The normalized spacial score (nSPS) is 11.9. The molecule has 1 heterocycles. The van der Waals surface area contributed by atoms with E-state index in [0.717, 1.165) is 16.0 Å². The van der Waals surface area contributed by atoms with Crippen molar-refractivity contribution in [1.29, 1.82) is 0 Å². The number of hydrogen-bond donors (Lipinski definition) is 2. The highest BCUT2D eigenvalue weighted by molar-refractivity contribution is 6.30. The summed E-state index contributed by atoms with van der Waals surface area (Å²) >= 11 is 6.03. The zero-order valence-corrected chi connectivity index (χ0v) is 24.3. The Labute approximate surface area is 249 Å². The van der Waals surface area contributed by atoms with Crippen LogP contribution in [0, 0.1) is 0 Å². The minimum atomic E-state index is -1.29. The lowest BCUT2D eigenvalue weighted by molar-refractivity contribution is 0.0526. The summed E-state index contributed by atoms with van der Waals surface area (Å²) in [5.74, 6) is 0.569. The number of halogens is 1. The Kier molecular flexibility index (Phi) is 9.64. The molecule has 2 amide bonds. The van der Waals surface area contributed by atoms with Crippen LogP contribution in [0.15, 0.2) is 83.4 Å². The molecular weight excluding hydrogens is 558 g/mol. The predicted octanol–water partition coefficient (Wildman–Crippen LogP) is 8.01. The zero-order chi connectivity index (χ0) is 30.3. The van der Waals surface area contributed by atoms with Crippen LogP contribution in [0.1, 0.15) is 55.9 Å². The van der Waals surface area contributed by atoms with Crippen LogP contribution >= 0.6 is 11.6 Å². The van der Waals surface area contributed by atoms with Crippen LogP contribution in [0.2, 0.25) is 5.02 Å². The molecule has 0 aliphatic heterocycles. The molecule has 4 aromatic rings. The number of benzene rings is 3.